The van der Waals surface area contributed by atoms with E-state index in [1.807, 2.05) is 28.9 Å². The standard InChI is InChI=1S/C13H17N5OS/c14-9-10-2-1-3-12(8-10)19-6-7-20-13-15-16-17-18(13)11-4-5-11/h1-3,8,11H,4-7,9,14H2. The summed E-state index contributed by atoms with van der Waals surface area (Å²) >= 11 is 1.63. The summed E-state index contributed by atoms with van der Waals surface area (Å²) in [5.41, 5.74) is 6.68. The van der Waals surface area contributed by atoms with Gasteiger partial charge < -0.3 is 10.5 Å². The van der Waals surface area contributed by atoms with Crippen molar-refractivity contribution in [2.24, 2.45) is 5.73 Å². The maximum Gasteiger partial charge on any atom is 0.209 e. The lowest BCUT2D eigenvalue weighted by Crippen LogP contribution is -2.04. The Morgan fingerprint density at radius 2 is 2.30 bits per heavy atom. The van der Waals surface area contributed by atoms with E-state index in [-0.39, 0.29) is 0 Å². The second-order valence-electron chi connectivity index (χ2n) is 4.69. The van der Waals surface area contributed by atoms with Crippen LogP contribution in [0.25, 0.3) is 0 Å². The van der Waals surface area contributed by atoms with Crippen molar-refractivity contribution in [1.82, 2.24) is 20.2 Å². The molecule has 6 nitrogen and oxygen atoms in total. The summed E-state index contributed by atoms with van der Waals surface area (Å²) in [5, 5.41) is 12.7. The molecule has 1 aliphatic rings. The van der Waals surface area contributed by atoms with Crippen LogP contribution in [-0.4, -0.2) is 32.6 Å². The maximum atomic E-state index is 5.71. The SMILES string of the molecule is NCc1cccc(OCCSc2nnnn2C2CC2)c1. The Morgan fingerprint density at radius 1 is 1.40 bits per heavy atom. The molecule has 0 saturated heterocycles. The number of thioether (sulfide) groups is 1. The van der Waals surface area contributed by atoms with E-state index in [1.165, 1.54) is 12.8 Å². The third-order valence-corrected chi connectivity index (χ3v) is 3.97. The molecule has 2 N–H and O–H groups in total. The maximum absolute atomic E-state index is 5.71. The van der Waals surface area contributed by atoms with Gasteiger partial charge in [0.25, 0.3) is 0 Å². The molecule has 0 bridgehead atoms. The first-order valence-corrected chi connectivity index (χ1v) is 7.68. The normalized spacial score (nSPS) is 14.4. The van der Waals surface area contributed by atoms with Crippen molar-refractivity contribution in [1.29, 1.82) is 0 Å². The summed E-state index contributed by atoms with van der Waals surface area (Å²) in [4.78, 5) is 0. The number of aromatic nitrogens is 4. The van der Waals surface area contributed by atoms with Gasteiger partial charge in [-0.3, -0.25) is 0 Å². The third-order valence-electron chi connectivity index (χ3n) is 3.07. The summed E-state index contributed by atoms with van der Waals surface area (Å²) in [6.45, 7) is 1.15. The molecule has 0 amide bonds. The van der Waals surface area contributed by atoms with E-state index in [9.17, 15) is 0 Å². The molecule has 1 aliphatic carbocycles. The number of hydrogen-bond donors (Lipinski definition) is 1. The summed E-state index contributed by atoms with van der Waals surface area (Å²) in [5.74, 6) is 1.68. The first kappa shape index (κ1) is 13.4. The number of ether oxygens (including phenoxy) is 1. The Kier molecular flexibility index (Phi) is 4.17. The number of hydrogen-bond acceptors (Lipinski definition) is 6. The number of tetrazole rings is 1. The largest absolute Gasteiger partial charge is 0.493 e. The van der Waals surface area contributed by atoms with Crippen LogP contribution in [0.1, 0.15) is 24.4 Å². The predicted octanol–water partition coefficient (Wildman–Crippen LogP) is 1.64. The van der Waals surface area contributed by atoms with Crippen molar-refractivity contribution in [3.8, 4) is 5.75 Å². The van der Waals surface area contributed by atoms with E-state index in [0.29, 0.717) is 19.2 Å². The number of benzene rings is 1. The van der Waals surface area contributed by atoms with Gasteiger partial charge in [0.15, 0.2) is 0 Å². The van der Waals surface area contributed by atoms with Gasteiger partial charge in [0.2, 0.25) is 5.16 Å². The molecule has 0 unspecified atom stereocenters. The summed E-state index contributed by atoms with van der Waals surface area (Å²) < 4.78 is 7.62. The van der Waals surface area contributed by atoms with Gasteiger partial charge in [0, 0.05) is 12.3 Å². The zero-order valence-corrected chi connectivity index (χ0v) is 11.9. The van der Waals surface area contributed by atoms with Crippen molar-refractivity contribution in [2.45, 2.75) is 30.6 Å². The monoisotopic (exact) mass is 291 g/mol. The highest BCUT2D eigenvalue weighted by Gasteiger charge is 2.27. The molecular formula is C13H17N5OS. The average Bonchev–Trinajstić information content (AvgIpc) is 3.23. The smallest absolute Gasteiger partial charge is 0.209 e. The Hall–Kier alpha value is -1.60. The van der Waals surface area contributed by atoms with E-state index in [4.69, 9.17) is 10.5 Å². The van der Waals surface area contributed by atoms with Crippen LogP contribution in [0.15, 0.2) is 29.4 Å². The van der Waals surface area contributed by atoms with Gasteiger partial charge in [-0.2, -0.15) is 0 Å². The summed E-state index contributed by atoms with van der Waals surface area (Å²) in [6.07, 6.45) is 2.36. The van der Waals surface area contributed by atoms with Crippen LogP contribution in [0.5, 0.6) is 5.75 Å². The lowest BCUT2D eigenvalue weighted by Gasteiger charge is -2.07. The molecule has 1 fully saturated rings. The molecule has 1 aromatic heterocycles. The van der Waals surface area contributed by atoms with E-state index < -0.39 is 0 Å². The molecule has 20 heavy (non-hydrogen) atoms. The van der Waals surface area contributed by atoms with Crippen LogP contribution < -0.4 is 10.5 Å². The third kappa shape index (κ3) is 3.29. The Bertz CT molecular complexity index is 569. The molecule has 7 heteroatoms. The topological polar surface area (TPSA) is 78.8 Å². The molecule has 106 valence electrons. The Balaban J connectivity index is 1.46. The minimum absolute atomic E-state index is 0.509. The molecule has 3 rings (SSSR count). The zero-order valence-electron chi connectivity index (χ0n) is 11.1. The lowest BCUT2D eigenvalue weighted by molar-refractivity contribution is 0.343. The highest BCUT2D eigenvalue weighted by molar-refractivity contribution is 7.99. The minimum Gasteiger partial charge on any atom is -0.493 e. The van der Waals surface area contributed by atoms with E-state index in [1.54, 1.807) is 11.8 Å². The van der Waals surface area contributed by atoms with Crippen LogP contribution >= 0.6 is 11.8 Å². The Labute approximate surface area is 121 Å². The minimum atomic E-state index is 0.509. The van der Waals surface area contributed by atoms with Crippen LogP contribution in [0.3, 0.4) is 0 Å². The van der Waals surface area contributed by atoms with Gasteiger partial charge in [0.1, 0.15) is 5.75 Å². The van der Waals surface area contributed by atoms with Crippen molar-refractivity contribution in [3.63, 3.8) is 0 Å². The summed E-state index contributed by atoms with van der Waals surface area (Å²) in [7, 11) is 0. The second-order valence-corrected chi connectivity index (χ2v) is 5.75. The zero-order chi connectivity index (χ0) is 13.8. The fourth-order valence-corrected chi connectivity index (χ4v) is 2.64. The molecule has 2 aromatic rings. The van der Waals surface area contributed by atoms with Crippen LogP contribution in [0.2, 0.25) is 0 Å². The van der Waals surface area contributed by atoms with Crippen molar-refractivity contribution < 1.29 is 4.74 Å². The molecule has 1 aromatic carbocycles. The quantitative estimate of drug-likeness (QED) is 0.617. The number of nitrogens with two attached hydrogens (primary N) is 1. The molecular weight excluding hydrogens is 274 g/mol. The van der Waals surface area contributed by atoms with Gasteiger partial charge >= 0.3 is 0 Å². The van der Waals surface area contributed by atoms with Crippen LogP contribution in [0.4, 0.5) is 0 Å². The molecule has 0 atom stereocenters. The first-order valence-electron chi connectivity index (χ1n) is 6.69. The molecule has 0 radical (unpaired) electrons. The van der Waals surface area contributed by atoms with Crippen molar-refractivity contribution in [2.75, 3.05) is 12.4 Å². The first-order chi connectivity index (χ1) is 9.86. The predicted molar refractivity (Wildman–Crippen MR) is 76.6 cm³/mol. The Morgan fingerprint density at radius 3 is 3.10 bits per heavy atom. The number of nitrogens with zero attached hydrogens (tertiary/aromatic N) is 4. The van der Waals surface area contributed by atoms with Crippen LogP contribution in [-0.2, 0) is 6.54 Å². The average molecular weight is 291 g/mol. The van der Waals surface area contributed by atoms with Gasteiger partial charge in [-0.1, -0.05) is 23.9 Å². The molecule has 0 aliphatic heterocycles. The van der Waals surface area contributed by atoms with Gasteiger partial charge in [-0.25, -0.2) is 4.68 Å². The van der Waals surface area contributed by atoms with E-state index >= 15 is 0 Å². The highest BCUT2D eigenvalue weighted by atomic mass is 32.2. The summed E-state index contributed by atoms with van der Waals surface area (Å²) in [6, 6.07) is 8.37. The van der Waals surface area contributed by atoms with Gasteiger partial charge in [-0.15, -0.1) is 5.10 Å². The fourth-order valence-electron chi connectivity index (χ4n) is 1.88. The molecule has 1 heterocycles. The lowest BCUT2D eigenvalue weighted by atomic mass is 10.2. The van der Waals surface area contributed by atoms with Gasteiger partial charge in [0.05, 0.1) is 12.6 Å². The fraction of sp³-hybridized carbons (Fsp3) is 0.462. The number of rotatable bonds is 7. The highest BCUT2D eigenvalue weighted by Crippen LogP contribution is 2.36. The van der Waals surface area contributed by atoms with E-state index in [0.717, 1.165) is 22.2 Å². The van der Waals surface area contributed by atoms with E-state index in [2.05, 4.69) is 15.5 Å². The molecule has 1 saturated carbocycles. The molecule has 0 spiro atoms. The second kappa shape index (κ2) is 6.23. The van der Waals surface area contributed by atoms with Crippen LogP contribution in [0, 0.1) is 0 Å². The van der Waals surface area contributed by atoms with Crippen molar-refractivity contribution >= 4 is 11.8 Å². The van der Waals surface area contributed by atoms with Crippen molar-refractivity contribution in [3.05, 3.63) is 29.8 Å². The van der Waals surface area contributed by atoms with Gasteiger partial charge in [-0.05, 0) is 41.0 Å².